The Morgan fingerprint density at radius 3 is 2.64 bits per heavy atom. The molecule has 2 N–H and O–H groups in total. The van der Waals surface area contributed by atoms with E-state index < -0.39 is 11.2 Å². The number of aromatic amines is 2. The zero-order valence-electron chi connectivity index (χ0n) is 14.5. The van der Waals surface area contributed by atoms with Crippen molar-refractivity contribution in [2.45, 2.75) is 45.1 Å². The molecule has 0 radical (unpaired) electrons. The van der Waals surface area contributed by atoms with Gasteiger partial charge in [0.1, 0.15) is 11.5 Å². The normalized spacial score (nSPS) is 19.3. The molecule has 0 amide bonds. The summed E-state index contributed by atoms with van der Waals surface area (Å²) >= 11 is 0. The predicted molar refractivity (Wildman–Crippen MR) is 96.2 cm³/mol. The molecule has 2 aromatic rings. The molecule has 1 saturated carbocycles. The van der Waals surface area contributed by atoms with Crippen molar-refractivity contribution >= 4 is 16.9 Å². The van der Waals surface area contributed by atoms with E-state index >= 15 is 0 Å². The number of hydrogen-bond acceptors (Lipinski definition) is 5. The molecule has 2 aromatic heterocycles. The Labute approximate surface area is 145 Å². The maximum absolute atomic E-state index is 11.9. The highest BCUT2D eigenvalue weighted by Crippen LogP contribution is 2.28. The third kappa shape index (κ3) is 3.33. The smallest absolute Gasteiger partial charge is 0.327 e. The second kappa shape index (κ2) is 6.63. The molecular weight excluding hydrogens is 320 g/mol. The molecule has 0 spiro atoms. The van der Waals surface area contributed by atoms with Crippen molar-refractivity contribution in [3.05, 3.63) is 32.5 Å². The lowest BCUT2D eigenvalue weighted by Gasteiger charge is -2.35. The van der Waals surface area contributed by atoms with Crippen LogP contribution in [0.25, 0.3) is 11.0 Å². The predicted octanol–water partition coefficient (Wildman–Crippen LogP) is 1.71. The zero-order valence-corrected chi connectivity index (χ0v) is 14.5. The summed E-state index contributed by atoms with van der Waals surface area (Å²) in [5, 5.41) is 0.416. The summed E-state index contributed by atoms with van der Waals surface area (Å²) in [6.45, 7) is 4.61. The molecule has 4 rings (SSSR count). The van der Waals surface area contributed by atoms with Crippen LogP contribution in [0, 0.1) is 12.8 Å². The van der Waals surface area contributed by atoms with Crippen molar-refractivity contribution in [2.24, 2.45) is 5.92 Å². The highest BCUT2D eigenvalue weighted by molar-refractivity contribution is 5.77. The number of piperidine rings is 1. The Kier molecular flexibility index (Phi) is 4.33. The van der Waals surface area contributed by atoms with Crippen molar-refractivity contribution in [1.82, 2.24) is 15.0 Å². The lowest BCUT2D eigenvalue weighted by molar-refractivity contribution is -0.00100. The third-order valence-electron chi connectivity index (χ3n) is 5.42. The standard InChI is InChI=1S/C18H24N4O3/c1-11-9-14-15(20-18(24)21-17(14)23)19-16(11)22-7-5-13(6-8-22)25-10-12-3-2-4-12/h9,12-13H,2-8,10H2,1H3,(H2,19,20,21,23,24). The maximum Gasteiger partial charge on any atom is 0.327 e. The van der Waals surface area contributed by atoms with Crippen molar-refractivity contribution in [2.75, 3.05) is 24.6 Å². The van der Waals surface area contributed by atoms with E-state index in [1.165, 1.54) is 19.3 Å². The van der Waals surface area contributed by atoms with Gasteiger partial charge in [-0.1, -0.05) is 6.42 Å². The van der Waals surface area contributed by atoms with E-state index in [1.54, 1.807) is 6.07 Å². The van der Waals surface area contributed by atoms with Gasteiger partial charge in [0.25, 0.3) is 5.56 Å². The van der Waals surface area contributed by atoms with Crippen LogP contribution in [0.4, 0.5) is 5.82 Å². The lowest BCUT2D eigenvalue weighted by atomic mass is 9.86. The molecule has 1 aliphatic carbocycles. The molecule has 0 aromatic carbocycles. The molecular formula is C18H24N4O3. The highest BCUT2D eigenvalue weighted by Gasteiger charge is 2.24. The Morgan fingerprint density at radius 2 is 1.96 bits per heavy atom. The number of rotatable bonds is 4. The summed E-state index contributed by atoms with van der Waals surface area (Å²) in [4.78, 5) is 35.0. The number of aryl methyl sites for hydroxylation is 1. The fourth-order valence-corrected chi connectivity index (χ4v) is 3.67. The van der Waals surface area contributed by atoms with E-state index in [4.69, 9.17) is 4.74 Å². The largest absolute Gasteiger partial charge is 0.378 e. The van der Waals surface area contributed by atoms with E-state index in [9.17, 15) is 9.59 Å². The topological polar surface area (TPSA) is 91.1 Å². The van der Waals surface area contributed by atoms with Crippen LogP contribution in [0.3, 0.4) is 0 Å². The number of nitrogens with zero attached hydrogens (tertiary/aromatic N) is 2. The van der Waals surface area contributed by atoms with E-state index in [0.717, 1.165) is 49.8 Å². The van der Waals surface area contributed by atoms with Crippen LogP contribution in [0.2, 0.25) is 0 Å². The van der Waals surface area contributed by atoms with Crippen molar-refractivity contribution in [3.8, 4) is 0 Å². The fraction of sp³-hybridized carbons (Fsp3) is 0.611. The van der Waals surface area contributed by atoms with Gasteiger partial charge in [0.15, 0.2) is 0 Å². The van der Waals surface area contributed by atoms with Crippen LogP contribution in [-0.4, -0.2) is 40.8 Å². The van der Waals surface area contributed by atoms with Crippen molar-refractivity contribution in [1.29, 1.82) is 0 Å². The minimum absolute atomic E-state index is 0.334. The average molecular weight is 344 g/mol. The number of hydrogen-bond donors (Lipinski definition) is 2. The van der Waals surface area contributed by atoms with E-state index in [2.05, 4.69) is 19.9 Å². The first-order chi connectivity index (χ1) is 12.1. The third-order valence-corrected chi connectivity index (χ3v) is 5.42. The van der Waals surface area contributed by atoms with Gasteiger partial charge in [0, 0.05) is 19.7 Å². The average Bonchev–Trinajstić information content (AvgIpc) is 2.54. The molecule has 1 saturated heterocycles. The first-order valence-electron chi connectivity index (χ1n) is 9.10. The molecule has 2 fully saturated rings. The molecule has 1 aliphatic heterocycles. The van der Waals surface area contributed by atoms with Gasteiger partial charge >= 0.3 is 5.69 Å². The monoisotopic (exact) mass is 344 g/mol. The number of ether oxygens (including phenoxy) is 1. The lowest BCUT2D eigenvalue weighted by Crippen LogP contribution is -2.39. The van der Waals surface area contributed by atoms with Gasteiger partial charge in [0.2, 0.25) is 0 Å². The number of aromatic nitrogens is 3. The Balaban J connectivity index is 1.47. The van der Waals surface area contributed by atoms with E-state index in [1.807, 2.05) is 6.92 Å². The van der Waals surface area contributed by atoms with Gasteiger partial charge < -0.3 is 9.64 Å². The van der Waals surface area contributed by atoms with Crippen LogP contribution >= 0.6 is 0 Å². The van der Waals surface area contributed by atoms with Gasteiger partial charge in [0.05, 0.1) is 11.5 Å². The van der Waals surface area contributed by atoms with Gasteiger partial charge in [-0.25, -0.2) is 9.78 Å². The van der Waals surface area contributed by atoms with Crippen LogP contribution in [-0.2, 0) is 4.74 Å². The van der Waals surface area contributed by atoms with E-state index in [-0.39, 0.29) is 0 Å². The molecule has 0 bridgehead atoms. The number of nitrogens with one attached hydrogen (secondary N) is 2. The summed E-state index contributed by atoms with van der Waals surface area (Å²) in [5.74, 6) is 1.61. The molecule has 0 unspecified atom stereocenters. The second-order valence-corrected chi connectivity index (χ2v) is 7.25. The van der Waals surface area contributed by atoms with Crippen LogP contribution in [0.1, 0.15) is 37.7 Å². The van der Waals surface area contributed by atoms with Crippen LogP contribution in [0.5, 0.6) is 0 Å². The number of H-pyrrole nitrogens is 2. The Bertz CT molecular complexity index is 876. The molecule has 7 heteroatoms. The van der Waals surface area contributed by atoms with Gasteiger partial charge in [-0.05, 0) is 50.2 Å². The SMILES string of the molecule is Cc1cc2c(=O)[nH]c(=O)[nH]c2nc1N1CCC(OCC2CCC2)CC1. The minimum atomic E-state index is -0.525. The Morgan fingerprint density at radius 1 is 1.20 bits per heavy atom. The summed E-state index contributed by atoms with van der Waals surface area (Å²) in [5.41, 5.74) is 0.364. The number of anilines is 1. The molecule has 134 valence electrons. The first kappa shape index (κ1) is 16.3. The second-order valence-electron chi connectivity index (χ2n) is 7.25. The van der Waals surface area contributed by atoms with Gasteiger partial charge in [-0.3, -0.25) is 14.8 Å². The number of fused-ring (bicyclic) bond motifs is 1. The molecule has 0 atom stereocenters. The summed E-state index contributed by atoms with van der Waals surface area (Å²) in [6, 6.07) is 1.80. The summed E-state index contributed by atoms with van der Waals surface area (Å²) in [6.07, 6.45) is 6.28. The zero-order chi connectivity index (χ0) is 17.4. The molecule has 25 heavy (non-hydrogen) atoms. The summed E-state index contributed by atoms with van der Waals surface area (Å²) < 4.78 is 6.06. The number of pyridine rings is 1. The quantitative estimate of drug-likeness (QED) is 0.881. The molecule has 7 nitrogen and oxygen atoms in total. The van der Waals surface area contributed by atoms with E-state index in [0.29, 0.717) is 17.1 Å². The Hall–Kier alpha value is -2.15. The summed E-state index contributed by atoms with van der Waals surface area (Å²) in [7, 11) is 0. The molecule has 2 aliphatic rings. The minimum Gasteiger partial charge on any atom is -0.378 e. The van der Waals surface area contributed by atoms with Crippen LogP contribution < -0.4 is 16.1 Å². The fourth-order valence-electron chi connectivity index (χ4n) is 3.67. The first-order valence-corrected chi connectivity index (χ1v) is 9.10. The molecule has 3 heterocycles. The van der Waals surface area contributed by atoms with Gasteiger partial charge in [-0.2, -0.15) is 0 Å². The highest BCUT2D eigenvalue weighted by atomic mass is 16.5. The van der Waals surface area contributed by atoms with Crippen molar-refractivity contribution in [3.63, 3.8) is 0 Å². The van der Waals surface area contributed by atoms with Crippen LogP contribution in [0.15, 0.2) is 15.7 Å². The maximum atomic E-state index is 11.9. The van der Waals surface area contributed by atoms with Gasteiger partial charge in [-0.15, -0.1) is 0 Å². The van der Waals surface area contributed by atoms with Crippen molar-refractivity contribution < 1.29 is 4.74 Å².